The Kier molecular flexibility index (Phi) is 4.35. The predicted octanol–water partition coefficient (Wildman–Crippen LogP) is 0.853. The molecule has 2 aromatic rings. The number of carbonyl (C=O) groups is 2. The van der Waals surface area contributed by atoms with Gasteiger partial charge in [-0.15, -0.1) is 0 Å². The Bertz CT molecular complexity index is 905. The third-order valence-electron chi connectivity index (χ3n) is 5.49. The molecule has 2 aromatic heterocycles. The van der Waals surface area contributed by atoms with Gasteiger partial charge < -0.3 is 19.6 Å². The lowest BCUT2D eigenvalue weighted by molar-refractivity contribution is 0.0762. The minimum Gasteiger partial charge on any atom is -0.361 e. The number of aromatic amines is 1. The summed E-state index contributed by atoms with van der Waals surface area (Å²) in [6.45, 7) is 9.44. The van der Waals surface area contributed by atoms with Gasteiger partial charge in [0.05, 0.1) is 5.41 Å². The van der Waals surface area contributed by atoms with Gasteiger partial charge in [-0.05, 0) is 27.7 Å². The summed E-state index contributed by atoms with van der Waals surface area (Å²) in [4.78, 5) is 33.6. The molecule has 0 radical (unpaired) electrons. The first-order valence-corrected chi connectivity index (χ1v) is 9.46. The fraction of sp³-hybridized carbons (Fsp3) is 0.611. The van der Waals surface area contributed by atoms with Crippen molar-refractivity contribution in [2.24, 2.45) is 5.92 Å². The largest absolute Gasteiger partial charge is 0.361 e. The van der Waals surface area contributed by atoms with Crippen molar-refractivity contribution >= 4 is 11.9 Å². The van der Waals surface area contributed by atoms with Gasteiger partial charge in [-0.2, -0.15) is 5.10 Å². The van der Waals surface area contributed by atoms with E-state index in [2.05, 4.69) is 25.7 Å². The molecular weight excluding hydrogens is 362 g/mol. The van der Waals surface area contributed by atoms with Crippen LogP contribution in [0.15, 0.2) is 10.6 Å². The second-order valence-corrected chi connectivity index (χ2v) is 8.09. The van der Waals surface area contributed by atoms with E-state index in [1.807, 2.05) is 20.8 Å². The Hall–Kier alpha value is -2.91. The molecule has 28 heavy (non-hydrogen) atoms. The summed E-state index contributed by atoms with van der Waals surface area (Å²) in [5.41, 5.74) is -0.193. The predicted molar refractivity (Wildman–Crippen MR) is 98.7 cm³/mol. The molecule has 0 aliphatic carbocycles. The van der Waals surface area contributed by atoms with Crippen molar-refractivity contribution in [3.05, 3.63) is 29.2 Å². The van der Waals surface area contributed by atoms with Crippen LogP contribution in [0.25, 0.3) is 0 Å². The molecule has 0 unspecified atom stereocenters. The molecule has 0 bridgehead atoms. The SMILES string of the molecule is Cc1nc([C@]23CN(C(=O)NC(C)C)C[C@H]2CN(C(=O)c2cc(C)on2)C3)n[nH]1. The normalized spacial score (nSPS) is 24.1. The minimum atomic E-state index is -0.493. The second-order valence-electron chi connectivity index (χ2n) is 8.09. The molecule has 2 saturated heterocycles. The molecular formula is C18H25N7O3. The number of aryl methyl sites for hydroxylation is 2. The summed E-state index contributed by atoms with van der Waals surface area (Å²) < 4.78 is 5.05. The Morgan fingerprint density at radius 1 is 1.29 bits per heavy atom. The topological polar surface area (TPSA) is 120 Å². The zero-order valence-electron chi connectivity index (χ0n) is 16.5. The maximum atomic E-state index is 12.9. The van der Waals surface area contributed by atoms with Crippen molar-refractivity contribution < 1.29 is 14.1 Å². The molecule has 0 aromatic carbocycles. The molecule has 2 atom stereocenters. The number of nitrogens with one attached hydrogen (secondary N) is 2. The number of H-pyrrole nitrogens is 1. The van der Waals surface area contributed by atoms with E-state index < -0.39 is 5.41 Å². The number of hydrogen-bond donors (Lipinski definition) is 2. The average Bonchev–Trinajstić information content (AvgIpc) is 3.35. The highest BCUT2D eigenvalue weighted by Crippen LogP contribution is 2.44. The van der Waals surface area contributed by atoms with Crippen LogP contribution in [0, 0.1) is 19.8 Å². The number of amides is 3. The van der Waals surface area contributed by atoms with Gasteiger partial charge in [0.2, 0.25) is 0 Å². The molecule has 10 nitrogen and oxygen atoms in total. The molecule has 10 heteroatoms. The van der Waals surface area contributed by atoms with Crippen LogP contribution in [0.2, 0.25) is 0 Å². The number of nitrogens with zero attached hydrogens (tertiary/aromatic N) is 5. The van der Waals surface area contributed by atoms with E-state index in [1.54, 1.807) is 22.8 Å². The second kappa shape index (κ2) is 6.61. The number of hydrogen-bond acceptors (Lipinski definition) is 6. The van der Waals surface area contributed by atoms with Gasteiger partial charge in [0, 0.05) is 44.2 Å². The number of aromatic nitrogens is 4. The molecule has 4 heterocycles. The van der Waals surface area contributed by atoms with Gasteiger partial charge in [0.1, 0.15) is 11.6 Å². The zero-order chi connectivity index (χ0) is 20.1. The summed E-state index contributed by atoms with van der Waals surface area (Å²) in [6, 6.07) is 1.60. The maximum absolute atomic E-state index is 12.9. The average molecular weight is 387 g/mol. The highest BCUT2D eigenvalue weighted by Gasteiger charge is 2.58. The maximum Gasteiger partial charge on any atom is 0.317 e. The van der Waals surface area contributed by atoms with Gasteiger partial charge in [-0.25, -0.2) is 9.78 Å². The van der Waals surface area contributed by atoms with E-state index in [-0.39, 0.29) is 23.9 Å². The molecule has 3 amide bonds. The van der Waals surface area contributed by atoms with Gasteiger partial charge in [-0.1, -0.05) is 5.16 Å². The molecule has 2 N–H and O–H groups in total. The first-order chi connectivity index (χ1) is 13.3. The fourth-order valence-electron chi connectivity index (χ4n) is 4.22. The van der Waals surface area contributed by atoms with Crippen molar-refractivity contribution in [3.8, 4) is 0 Å². The molecule has 0 saturated carbocycles. The van der Waals surface area contributed by atoms with E-state index >= 15 is 0 Å². The third kappa shape index (κ3) is 3.02. The van der Waals surface area contributed by atoms with Gasteiger partial charge in [0.25, 0.3) is 5.91 Å². The Labute approximate surface area is 162 Å². The van der Waals surface area contributed by atoms with E-state index in [0.29, 0.717) is 49.3 Å². The summed E-state index contributed by atoms with van der Waals surface area (Å²) >= 11 is 0. The number of carbonyl (C=O) groups excluding carboxylic acids is 2. The highest BCUT2D eigenvalue weighted by atomic mass is 16.5. The van der Waals surface area contributed by atoms with E-state index in [9.17, 15) is 9.59 Å². The summed E-state index contributed by atoms with van der Waals surface area (Å²) in [5.74, 6) is 1.85. The lowest BCUT2D eigenvalue weighted by Crippen LogP contribution is -2.46. The van der Waals surface area contributed by atoms with Crippen LogP contribution in [-0.2, 0) is 5.41 Å². The Balaban J connectivity index is 1.61. The van der Waals surface area contributed by atoms with Crippen LogP contribution in [0.4, 0.5) is 4.79 Å². The van der Waals surface area contributed by atoms with Crippen molar-refractivity contribution in [2.75, 3.05) is 26.2 Å². The van der Waals surface area contributed by atoms with Gasteiger partial charge in [-0.3, -0.25) is 9.89 Å². The first-order valence-electron chi connectivity index (χ1n) is 9.46. The minimum absolute atomic E-state index is 0.0533. The number of fused-ring (bicyclic) bond motifs is 1. The molecule has 4 rings (SSSR count). The van der Waals surface area contributed by atoms with Crippen LogP contribution in [0.3, 0.4) is 0 Å². The third-order valence-corrected chi connectivity index (χ3v) is 5.49. The fourth-order valence-corrected chi connectivity index (χ4v) is 4.22. The van der Waals surface area contributed by atoms with E-state index in [4.69, 9.17) is 4.52 Å². The molecule has 0 spiro atoms. The number of likely N-dealkylation sites (tertiary alicyclic amines) is 2. The Morgan fingerprint density at radius 3 is 2.61 bits per heavy atom. The van der Waals surface area contributed by atoms with Crippen LogP contribution in [-0.4, -0.2) is 74.3 Å². The Morgan fingerprint density at radius 2 is 2.00 bits per heavy atom. The van der Waals surface area contributed by atoms with Crippen LogP contribution >= 0.6 is 0 Å². The summed E-state index contributed by atoms with van der Waals surface area (Å²) in [7, 11) is 0. The number of urea groups is 1. The van der Waals surface area contributed by atoms with Gasteiger partial charge >= 0.3 is 6.03 Å². The lowest BCUT2D eigenvalue weighted by atomic mass is 9.80. The lowest BCUT2D eigenvalue weighted by Gasteiger charge is -2.27. The highest BCUT2D eigenvalue weighted by molar-refractivity contribution is 5.92. The van der Waals surface area contributed by atoms with Gasteiger partial charge in [0.15, 0.2) is 11.5 Å². The van der Waals surface area contributed by atoms with Crippen molar-refractivity contribution in [1.82, 2.24) is 35.5 Å². The van der Waals surface area contributed by atoms with Crippen LogP contribution in [0.5, 0.6) is 0 Å². The standard InChI is InChI=1S/C18H25N7O3/c1-10(2)19-17(27)25-7-13-6-24(15(26)14-5-11(3)28-23-14)8-18(13,9-25)16-20-12(4)21-22-16/h5,10,13H,6-9H2,1-4H3,(H,19,27)(H,20,21,22)/t13-,18-/m1/s1. The van der Waals surface area contributed by atoms with Crippen LogP contribution < -0.4 is 5.32 Å². The molecule has 150 valence electrons. The van der Waals surface area contributed by atoms with Crippen molar-refractivity contribution in [3.63, 3.8) is 0 Å². The number of rotatable bonds is 3. The van der Waals surface area contributed by atoms with Crippen LogP contribution in [0.1, 0.15) is 41.7 Å². The van der Waals surface area contributed by atoms with Crippen molar-refractivity contribution in [2.45, 2.75) is 39.2 Å². The smallest absolute Gasteiger partial charge is 0.317 e. The first kappa shape index (κ1) is 18.5. The molecule has 2 aliphatic heterocycles. The van der Waals surface area contributed by atoms with E-state index in [0.717, 1.165) is 0 Å². The monoisotopic (exact) mass is 387 g/mol. The summed E-state index contributed by atoms with van der Waals surface area (Å²) in [6.07, 6.45) is 0. The van der Waals surface area contributed by atoms with E-state index in [1.165, 1.54) is 0 Å². The zero-order valence-corrected chi connectivity index (χ0v) is 16.5. The summed E-state index contributed by atoms with van der Waals surface area (Å²) in [5, 5.41) is 14.1. The molecule has 2 fully saturated rings. The molecule has 2 aliphatic rings. The van der Waals surface area contributed by atoms with Crippen molar-refractivity contribution in [1.29, 1.82) is 0 Å². The quantitative estimate of drug-likeness (QED) is 0.806.